The maximum Gasteiger partial charge on any atom is 0.416 e. The first kappa shape index (κ1) is 18.7. The Morgan fingerprint density at radius 3 is 2.14 bits per heavy atom. The van der Waals surface area contributed by atoms with Crippen molar-refractivity contribution in [1.82, 2.24) is 0 Å². The maximum atomic E-state index is 15.1. The summed E-state index contributed by atoms with van der Waals surface area (Å²) in [6.07, 6.45) is -4.69. The van der Waals surface area contributed by atoms with Crippen LogP contribution < -0.4 is 0 Å². The molecule has 0 amide bonds. The molecule has 3 aromatic rings. The lowest BCUT2D eigenvalue weighted by Crippen LogP contribution is -2.04. The molecular formula is C23H17F5. The highest BCUT2D eigenvalue weighted by Gasteiger charge is 2.33. The zero-order valence-corrected chi connectivity index (χ0v) is 15.1. The minimum absolute atomic E-state index is 0.0607. The molecule has 1 aliphatic carbocycles. The van der Waals surface area contributed by atoms with Gasteiger partial charge in [0.2, 0.25) is 0 Å². The van der Waals surface area contributed by atoms with Crippen LogP contribution >= 0.6 is 0 Å². The minimum Gasteiger partial charge on any atom is -0.237 e. The zero-order chi connectivity index (χ0) is 20.1. The zero-order valence-electron chi connectivity index (χ0n) is 15.1. The number of alkyl halides is 4. The van der Waals surface area contributed by atoms with Gasteiger partial charge in [-0.25, -0.2) is 8.78 Å². The third-order valence-corrected chi connectivity index (χ3v) is 5.19. The van der Waals surface area contributed by atoms with Gasteiger partial charge in [0.05, 0.1) is 5.56 Å². The largest absolute Gasteiger partial charge is 0.416 e. The molecule has 144 valence electrons. The van der Waals surface area contributed by atoms with Crippen LogP contribution in [0.15, 0.2) is 54.6 Å². The van der Waals surface area contributed by atoms with Gasteiger partial charge in [-0.3, -0.25) is 0 Å². The monoisotopic (exact) mass is 388 g/mol. The number of fused-ring (bicyclic) bond motifs is 3. The van der Waals surface area contributed by atoms with Crippen LogP contribution in [0.1, 0.15) is 41.8 Å². The van der Waals surface area contributed by atoms with Crippen LogP contribution in [0.5, 0.6) is 0 Å². The van der Waals surface area contributed by atoms with Gasteiger partial charge in [0.15, 0.2) is 6.17 Å². The van der Waals surface area contributed by atoms with Crippen molar-refractivity contribution >= 4 is 0 Å². The molecule has 1 unspecified atom stereocenters. The minimum atomic E-state index is -4.41. The molecule has 0 heterocycles. The molecule has 0 radical (unpaired) electrons. The van der Waals surface area contributed by atoms with Crippen LogP contribution in [0.25, 0.3) is 22.3 Å². The molecule has 0 spiro atoms. The first-order valence-corrected chi connectivity index (χ1v) is 9.08. The van der Waals surface area contributed by atoms with E-state index in [4.69, 9.17) is 0 Å². The summed E-state index contributed by atoms with van der Waals surface area (Å²) in [5, 5.41) is 0. The van der Waals surface area contributed by atoms with E-state index < -0.39 is 23.7 Å². The molecule has 1 atom stereocenters. The van der Waals surface area contributed by atoms with Gasteiger partial charge >= 0.3 is 6.18 Å². The smallest absolute Gasteiger partial charge is 0.237 e. The standard InChI is InChI=1S/C23H17F5/c1-2-3-14-6-11-18-17-10-7-15(12-19(17)22(25)20(18)21(14)24)13-4-8-16(9-5-13)23(26,27)28/h4-12,22H,2-3H2,1H3. The van der Waals surface area contributed by atoms with Crippen LogP contribution in [0.4, 0.5) is 22.0 Å². The van der Waals surface area contributed by atoms with Gasteiger partial charge in [0.1, 0.15) is 5.82 Å². The topological polar surface area (TPSA) is 0 Å². The molecule has 1 aliphatic rings. The van der Waals surface area contributed by atoms with E-state index in [2.05, 4.69) is 0 Å². The van der Waals surface area contributed by atoms with E-state index in [1.54, 1.807) is 30.3 Å². The first-order valence-electron chi connectivity index (χ1n) is 9.08. The van der Waals surface area contributed by atoms with E-state index in [0.29, 0.717) is 39.8 Å². The summed E-state index contributed by atoms with van der Waals surface area (Å²) in [6.45, 7) is 1.94. The molecule has 0 fully saturated rings. The van der Waals surface area contributed by atoms with Crippen LogP contribution in [0, 0.1) is 5.82 Å². The summed E-state index contributed by atoms with van der Waals surface area (Å²) >= 11 is 0. The second-order valence-electron chi connectivity index (χ2n) is 6.99. The Morgan fingerprint density at radius 1 is 0.857 bits per heavy atom. The Kier molecular flexibility index (Phi) is 4.48. The molecule has 0 saturated heterocycles. The predicted octanol–water partition coefficient (Wildman–Crippen LogP) is 7.50. The summed E-state index contributed by atoms with van der Waals surface area (Å²) in [6, 6.07) is 13.2. The maximum absolute atomic E-state index is 15.1. The molecule has 0 saturated carbocycles. The highest BCUT2D eigenvalue weighted by molar-refractivity contribution is 5.82. The third kappa shape index (κ3) is 2.99. The fraction of sp³-hybridized carbons (Fsp3) is 0.217. The van der Waals surface area contributed by atoms with Crippen LogP contribution in [-0.2, 0) is 12.6 Å². The summed E-state index contributed by atoms with van der Waals surface area (Å²) in [5.41, 5.74) is 2.48. The number of hydrogen-bond donors (Lipinski definition) is 0. The predicted molar refractivity (Wildman–Crippen MR) is 99.2 cm³/mol. The van der Waals surface area contributed by atoms with Crippen molar-refractivity contribution in [2.45, 2.75) is 32.1 Å². The van der Waals surface area contributed by atoms with Crippen LogP contribution in [0.2, 0.25) is 0 Å². The van der Waals surface area contributed by atoms with Crippen molar-refractivity contribution in [2.24, 2.45) is 0 Å². The fourth-order valence-corrected chi connectivity index (χ4v) is 3.79. The molecule has 0 nitrogen and oxygen atoms in total. The normalized spacial score (nSPS) is 15.4. The van der Waals surface area contributed by atoms with E-state index in [1.165, 1.54) is 12.1 Å². The van der Waals surface area contributed by atoms with Gasteiger partial charge in [-0.05, 0) is 58.0 Å². The second-order valence-corrected chi connectivity index (χ2v) is 6.99. The molecular weight excluding hydrogens is 371 g/mol. The fourth-order valence-electron chi connectivity index (χ4n) is 3.79. The molecule has 4 rings (SSSR count). The summed E-state index contributed by atoms with van der Waals surface area (Å²) in [4.78, 5) is 0. The van der Waals surface area contributed by atoms with Gasteiger partial charge < -0.3 is 0 Å². The average Bonchev–Trinajstić information content (AvgIpc) is 2.96. The number of halogens is 5. The molecule has 28 heavy (non-hydrogen) atoms. The van der Waals surface area contributed by atoms with Crippen LogP contribution in [-0.4, -0.2) is 0 Å². The van der Waals surface area contributed by atoms with Gasteiger partial charge in [-0.2, -0.15) is 13.2 Å². The van der Waals surface area contributed by atoms with Gasteiger partial charge in [0, 0.05) is 5.56 Å². The van der Waals surface area contributed by atoms with Crippen molar-refractivity contribution in [1.29, 1.82) is 0 Å². The molecule has 0 bridgehead atoms. The Balaban J connectivity index is 1.74. The quantitative estimate of drug-likeness (QED) is 0.408. The van der Waals surface area contributed by atoms with Crippen molar-refractivity contribution in [3.63, 3.8) is 0 Å². The molecule has 0 aliphatic heterocycles. The Hall–Kier alpha value is -2.69. The van der Waals surface area contributed by atoms with Crippen molar-refractivity contribution in [2.75, 3.05) is 0 Å². The first-order chi connectivity index (χ1) is 13.3. The SMILES string of the molecule is CCCc1ccc2c(c1F)C(F)c1cc(-c3ccc(C(F)(F)F)cc3)ccc1-2. The molecule has 0 aromatic heterocycles. The van der Waals surface area contributed by atoms with E-state index in [9.17, 15) is 17.6 Å². The van der Waals surface area contributed by atoms with Gasteiger partial charge in [0.25, 0.3) is 0 Å². The number of rotatable bonds is 3. The Morgan fingerprint density at radius 2 is 1.50 bits per heavy atom. The summed E-state index contributed by atoms with van der Waals surface area (Å²) < 4.78 is 68.2. The van der Waals surface area contributed by atoms with Crippen molar-refractivity contribution in [3.8, 4) is 22.3 Å². The van der Waals surface area contributed by atoms with Crippen LogP contribution in [0.3, 0.4) is 0 Å². The lowest BCUT2D eigenvalue weighted by atomic mass is 9.98. The lowest BCUT2D eigenvalue weighted by molar-refractivity contribution is -0.137. The Bertz CT molecular complexity index is 1030. The van der Waals surface area contributed by atoms with Gasteiger partial charge in [-0.15, -0.1) is 0 Å². The van der Waals surface area contributed by atoms with Crippen molar-refractivity contribution < 1.29 is 22.0 Å². The van der Waals surface area contributed by atoms with E-state index in [-0.39, 0.29) is 5.56 Å². The third-order valence-electron chi connectivity index (χ3n) is 5.19. The van der Waals surface area contributed by atoms with Gasteiger partial charge in [-0.1, -0.05) is 49.7 Å². The number of benzene rings is 3. The highest BCUT2D eigenvalue weighted by Crippen LogP contribution is 2.48. The summed E-state index contributed by atoms with van der Waals surface area (Å²) in [7, 11) is 0. The van der Waals surface area contributed by atoms with E-state index in [0.717, 1.165) is 18.6 Å². The second kappa shape index (κ2) is 6.73. The summed E-state index contributed by atoms with van der Waals surface area (Å²) in [5.74, 6) is -0.501. The van der Waals surface area contributed by atoms with E-state index >= 15 is 4.39 Å². The number of hydrogen-bond acceptors (Lipinski definition) is 0. The Labute approximate surface area is 159 Å². The number of aryl methyl sites for hydroxylation is 1. The lowest BCUT2D eigenvalue weighted by Gasteiger charge is -2.10. The molecule has 5 heteroatoms. The average molecular weight is 388 g/mol. The highest BCUT2D eigenvalue weighted by atomic mass is 19.4. The van der Waals surface area contributed by atoms with E-state index in [1.807, 2.05) is 6.92 Å². The molecule has 0 N–H and O–H groups in total. The molecule has 3 aromatic carbocycles. The van der Waals surface area contributed by atoms with Crippen molar-refractivity contribution in [3.05, 3.63) is 82.7 Å².